The minimum absolute atomic E-state index is 0.0102. The van der Waals surface area contributed by atoms with E-state index in [4.69, 9.17) is 11.6 Å². The summed E-state index contributed by atoms with van der Waals surface area (Å²) in [6.45, 7) is 2.70. The molecule has 3 heterocycles. The molecule has 2 aliphatic rings. The van der Waals surface area contributed by atoms with Crippen molar-refractivity contribution in [3.05, 3.63) is 53.2 Å². The SMILES string of the molecule is N#Cc1cccnc1N1CCN(C(=O)C2CC(=O)N(c3ccc(Cl)cc3)C2)CC1. The first-order valence-corrected chi connectivity index (χ1v) is 9.89. The van der Waals surface area contributed by atoms with Crippen LogP contribution < -0.4 is 9.80 Å². The van der Waals surface area contributed by atoms with Crippen molar-refractivity contribution in [3.8, 4) is 6.07 Å². The predicted octanol–water partition coefficient (Wildman–Crippen LogP) is 2.31. The molecule has 0 aliphatic carbocycles. The second-order valence-electron chi connectivity index (χ2n) is 7.18. The number of pyridine rings is 1. The number of piperazine rings is 1. The summed E-state index contributed by atoms with van der Waals surface area (Å²) in [5.41, 5.74) is 1.30. The highest BCUT2D eigenvalue weighted by molar-refractivity contribution is 6.30. The van der Waals surface area contributed by atoms with E-state index in [9.17, 15) is 14.9 Å². The lowest BCUT2D eigenvalue weighted by Crippen LogP contribution is -2.51. The number of hydrogen-bond acceptors (Lipinski definition) is 5. The van der Waals surface area contributed by atoms with E-state index in [0.717, 1.165) is 5.69 Å². The number of aromatic nitrogens is 1. The maximum atomic E-state index is 13.0. The molecular weight excluding hydrogens is 390 g/mol. The normalized spacial score (nSPS) is 19.4. The number of rotatable bonds is 3. The summed E-state index contributed by atoms with van der Waals surface area (Å²) in [6.07, 6.45) is 1.89. The molecule has 0 spiro atoms. The Hall–Kier alpha value is -3.11. The Morgan fingerprint density at radius 1 is 1.14 bits per heavy atom. The lowest BCUT2D eigenvalue weighted by Gasteiger charge is -2.36. The zero-order valence-corrected chi connectivity index (χ0v) is 16.5. The van der Waals surface area contributed by atoms with Crippen molar-refractivity contribution in [2.24, 2.45) is 5.92 Å². The fourth-order valence-electron chi connectivity index (χ4n) is 3.88. The zero-order valence-electron chi connectivity index (χ0n) is 15.8. The third-order valence-electron chi connectivity index (χ3n) is 5.41. The fourth-order valence-corrected chi connectivity index (χ4v) is 4.00. The van der Waals surface area contributed by atoms with Gasteiger partial charge in [-0.1, -0.05) is 11.6 Å². The molecule has 8 heteroatoms. The molecule has 2 aliphatic heterocycles. The van der Waals surface area contributed by atoms with Gasteiger partial charge in [0.1, 0.15) is 11.9 Å². The van der Waals surface area contributed by atoms with Gasteiger partial charge in [-0.15, -0.1) is 0 Å². The molecule has 0 radical (unpaired) electrons. The number of halogens is 1. The molecule has 1 atom stereocenters. The van der Waals surface area contributed by atoms with Gasteiger partial charge in [0, 0.05) is 56.1 Å². The third kappa shape index (κ3) is 3.89. The van der Waals surface area contributed by atoms with E-state index >= 15 is 0 Å². The number of nitrogens with zero attached hydrogens (tertiary/aromatic N) is 5. The zero-order chi connectivity index (χ0) is 20.4. The van der Waals surface area contributed by atoms with E-state index in [-0.39, 0.29) is 24.2 Å². The van der Waals surface area contributed by atoms with Crippen molar-refractivity contribution < 1.29 is 9.59 Å². The monoisotopic (exact) mass is 409 g/mol. The van der Waals surface area contributed by atoms with E-state index < -0.39 is 0 Å². The maximum absolute atomic E-state index is 13.0. The van der Waals surface area contributed by atoms with Gasteiger partial charge in [0.25, 0.3) is 0 Å². The highest BCUT2D eigenvalue weighted by Gasteiger charge is 2.38. The molecule has 2 fully saturated rings. The van der Waals surface area contributed by atoms with Gasteiger partial charge < -0.3 is 14.7 Å². The van der Waals surface area contributed by atoms with Crippen molar-refractivity contribution in [2.75, 3.05) is 42.5 Å². The summed E-state index contributed by atoms with van der Waals surface area (Å²) in [5, 5.41) is 9.88. The van der Waals surface area contributed by atoms with Crippen LogP contribution in [0.2, 0.25) is 5.02 Å². The predicted molar refractivity (Wildman–Crippen MR) is 110 cm³/mol. The average molecular weight is 410 g/mol. The van der Waals surface area contributed by atoms with Crippen LogP contribution in [0.5, 0.6) is 0 Å². The highest BCUT2D eigenvalue weighted by Crippen LogP contribution is 2.28. The number of nitriles is 1. The van der Waals surface area contributed by atoms with E-state index in [1.54, 1.807) is 47.5 Å². The lowest BCUT2D eigenvalue weighted by molar-refractivity contribution is -0.136. The van der Waals surface area contributed by atoms with E-state index in [2.05, 4.69) is 11.1 Å². The average Bonchev–Trinajstić information content (AvgIpc) is 3.15. The van der Waals surface area contributed by atoms with Gasteiger partial charge in [-0.2, -0.15) is 5.26 Å². The summed E-state index contributed by atoms with van der Waals surface area (Å²) in [7, 11) is 0. The lowest BCUT2D eigenvalue weighted by atomic mass is 10.1. The molecule has 1 aromatic heterocycles. The van der Waals surface area contributed by atoms with Crippen LogP contribution in [0, 0.1) is 17.2 Å². The summed E-state index contributed by atoms with van der Waals surface area (Å²) in [6, 6.07) is 12.7. The Balaban J connectivity index is 1.38. The molecule has 0 bridgehead atoms. The topological polar surface area (TPSA) is 80.5 Å². The quantitative estimate of drug-likeness (QED) is 0.777. The largest absolute Gasteiger partial charge is 0.352 e. The van der Waals surface area contributed by atoms with Gasteiger partial charge in [-0.25, -0.2) is 4.98 Å². The van der Waals surface area contributed by atoms with Crippen LogP contribution in [0.15, 0.2) is 42.6 Å². The highest BCUT2D eigenvalue weighted by atomic mass is 35.5. The minimum atomic E-state index is -0.339. The molecule has 0 saturated carbocycles. The molecule has 4 rings (SSSR count). The molecule has 148 valence electrons. The molecule has 2 amide bonds. The number of benzene rings is 1. The number of carbonyl (C=O) groups excluding carboxylic acids is 2. The van der Waals surface area contributed by atoms with E-state index in [1.165, 1.54) is 0 Å². The van der Waals surface area contributed by atoms with E-state index in [0.29, 0.717) is 49.1 Å². The van der Waals surface area contributed by atoms with Crippen LogP contribution in [0.25, 0.3) is 0 Å². The van der Waals surface area contributed by atoms with Crippen molar-refractivity contribution in [1.29, 1.82) is 5.26 Å². The van der Waals surface area contributed by atoms with Gasteiger partial charge in [-0.3, -0.25) is 9.59 Å². The van der Waals surface area contributed by atoms with Crippen LogP contribution in [-0.2, 0) is 9.59 Å². The minimum Gasteiger partial charge on any atom is -0.352 e. The van der Waals surface area contributed by atoms with Gasteiger partial charge in [0.15, 0.2) is 0 Å². The smallest absolute Gasteiger partial charge is 0.228 e. The van der Waals surface area contributed by atoms with E-state index in [1.807, 2.05) is 9.80 Å². The summed E-state index contributed by atoms with van der Waals surface area (Å²) in [5.74, 6) is 0.286. The van der Waals surface area contributed by atoms with Gasteiger partial charge in [0.2, 0.25) is 11.8 Å². The Labute approximate surface area is 174 Å². The first-order valence-electron chi connectivity index (χ1n) is 9.51. The Morgan fingerprint density at radius 3 is 2.55 bits per heavy atom. The molecule has 2 saturated heterocycles. The molecule has 1 unspecified atom stereocenters. The molecule has 7 nitrogen and oxygen atoms in total. The van der Waals surface area contributed by atoms with Gasteiger partial charge >= 0.3 is 0 Å². The second-order valence-corrected chi connectivity index (χ2v) is 7.62. The molecule has 1 aromatic carbocycles. The maximum Gasteiger partial charge on any atom is 0.228 e. The Morgan fingerprint density at radius 2 is 1.86 bits per heavy atom. The van der Waals surface area contributed by atoms with Crippen LogP contribution >= 0.6 is 11.6 Å². The first kappa shape index (κ1) is 19.2. The molecule has 0 N–H and O–H groups in total. The number of anilines is 2. The summed E-state index contributed by atoms with van der Waals surface area (Å²) in [4.78, 5) is 35.2. The van der Waals surface area contributed by atoms with Crippen LogP contribution in [0.4, 0.5) is 11.5 Å². The Bertz CT molecular complexity index is 964. The summed E-state index contributed by atoms with van der Waals surface area (Å²) < 4.78 is 0. The Kier molecular flexibility index (Phi) is 5.36. The first-order chi connectivity index (χ1) is 14.1. The number of hydrogen-bond donors (Lipinski definition) is 0. The summed E-state index contributed by atoms with van der Waals surface area (Å²) >= 11 is 5.92. The van der Waals surface area contributed by atoms with Crippen LogP contribution in [-0.4, -0.2) is 54.4 Å². The fraction of sp³-hybridized carbons (Fsp3) is 0.333. The third-order valence-corrected chi connectivity index (χ3v) is 5.66. The van der Waals surface area contributed by atoms with Crippen molar-refractivity contribution in [1.82, 2.24) is 9.88 Å². The second kappa shape index (κ2) is 8.10. The van der Waals surface area contributed by atoms with Crippen molar-refractivity contribution in [2.45, 2.75) is 6.42 Å². The van der Waals surface area contributed by atoms with Gasteiger partial charge in [-0.05, 0) is 36.4 Å². The number of amides is 2. The van der Waals surface area contributed by atoms with Gasteiger partial charge in [0.05, 0.1) is 11.5 Å². The van der Waals surface area contributed by atoms with Crippen LogP contribution in [0.1, 0.15) is 12.0 Å². The molecule has 29 heavy (non-hydrogen) atoms. The van der Waals surface area contributed by atoms with Crippen LogP contribution in [0.3, 0.4) is 0 Å². The standard InChI is InChI=1S/C21H20ClN5O2/c22-17-3-5-18(6-4-17)27-14-16(12-19(27)28)21(29)26-10-8-25(9-11-26)20-15(13-23)2-1-7-24-20/h1-7,16H,8-12,14H2. The molecular formula is C21H20ClN5O2. The van der Waals surface area contributed by atoms with Crippen molar-refractivity contribution in [3.63, 3.8) is 0 Å². The molecule has 2 aromatic rings. The van der Waals surface area contributed by atoms with Crippen molar-refractivity contribution >= 4 is 34.9 Å². The number of carbonyl (C=O) groups is 2.